The summed E-state index contributed by atoms with van der Waals surface area (Å²) in [4.78, 5) is 25.6. The van der Waals surface area contributed by atoms with E-state index in [2.05, 4.69) is 41.8 Å². The predicted octanol–water partition coefficient (Wildman–Crippen LogP) is -0.00338. The van der Waals surface area contributed by atoms with Crippen LogP contribution in [-0.2, 0) is 9.59 Å². The van der Waals surface area contributed by atoms with Gasteiger partial charge in [0, 0.05) is 23.2 Å². The molecule has 1 saturated carbocycles. The Morgan fingerprint density at radius 3 is 2.48 bits per heavy atom. The first-order valence-electron chi connectivity index (χ1n) is 8.10. The lowest BCUT2D eigenvalue weighted by Crippen LogP contribution is -3.11. The summed E-state index contributed by atoms with van der Waals surface area (Å²) in [7, 11) is 1.87. The summed E-state index contributed by atoms with van der Waals surface area (Å²) < 4.78 is 0. The normalized spacial score (nSPS) is 15.0. The zero-order valence-electron chi connectivity index (χ0n) is 13.9. The molecule has 1 atom stereocenters. The largest absolute Gasteiger partial charge is 0.350 e. The Hall–Kier alpha value is -1.53. The van der Waals surface area contributed by atoms with Crippen molar-refractivity contribution >= 4 is 23.6 Å². The standard InChI is InChI=1S/C17H25N3O2S/c1-13-3-7-15(8-4-13)23-10-9-18-16(21)11-20(2)12-17(22)19-14-5-6-14/h3-4,7-8,14H,5-6,9-12H2,1-2H3,(H,18,21)(H,19,22)/p+1. The number of carbonyl (C=O) groups is 2. The van der Waals surface area contributed by atoms with Gasteiger partial charge in [0.25, 0.3) is 11.8 Å². The lowest BCUT2D eigenvalue weighted by molar-refractivity contribution is -0.862. The Balaban J connectivity index is 1.55. The van der Waals surface area contributed by atoms with E-state index in [9.17, 15) is 9.59 Å². The third-order valence-corrected chi connectivity index (χ3v) is 4.59. The molecule has 0 saturated heterocycles. The maximum absolute atomic E-state index is 11.9. The first-order chi connectivity index (χ1) is 11.0. The minimum Gasteiger partial charge on any atom is -0.350 e. The Morgan fingerprint density at radius 2 is 1.83 bits per heavy atom. The number of thioether (sulfide) groups is 1. The summed E-state index contributed by atoms with van der Waals surface area (Å²) >= 11 is 1.73. The molecule has 2 rings (SSSR count). The number of hydrogen-bond acceptors (Lipinski definition) is 3. The Bertz CT molecular complexity index is 529. The highest BCUT2D eigenvalue weighted by Crippen LogP contribution is 2.18. The maximum atomic E-state index is 11.9. The van der Waals surface area contributed by atoms with Gasteiger partial charge in [0.15, 0.2) is 13.1 Å². The molecule has 23 heavy (non-hydrogen) atoms. The average Bonchev–Trinajstić information content (AvgIpc) is 3.29. The van der Waals surface area contributed by atoms with Crippen molar-refractivity contribution in [2.24, 2.45) is 0 Å². The van der Waals surface area contributed by atoms with Gasteiger partial charge in [-0.2, -0.15) is 0 Å². The van der Waals surface area contributed by atoms with Crippen molar-refractivity contribution in [3.63, 3.8) is 0 Å². The molecule has 0 spiro atoms. The SMILES string of the molecule is Cc1ccc(SCCNC(=O)C[NH+](C)CC(=O)NC2CC2)cc1. The lowest BCUT2D eigenvalue weighted by Gasteiger charge is -2.13. The lowest BCUT2D eigenvalue weighted by atomic mass is 10.2. The number of aryl methyl sites for hydroxylation is 1. The summed E-state index contributed by atoms with van der Waals surface area (Å²) in [6.45, 7) is 3.38. The van der Waals surface area contributed by atoms with Crippen LogP contribution in [0.4, 0.5) is 0 Å². The first kappa shape index (κ1) is 17.8. The van der Waals surface area contributed by atoms with Crippen LogP contribution in [-0.4, -0.2) is 50.3 Å². The van der Waals surface area contributed by atoms with Crippen molar-refractivity contribution in [3.05, 3.63) is 29.8 Å². The molecule has 0 bridgehead atoms. The molecule has 126 valence electrons. The van der Waals surface area contributed by atoms with E-state index in [-0.39, 0.29) is 11.8 Å². The van der Waals surface area contributed by atoms with Crippen molar-refractivity contribution in [1.82, 2.24) is 10.6 Å². The van der Waals surface area contributed by atoms with E-state index in [0.717, 1.165) is 23.5 Å². The zero-order chi connectivity index (χ0) is 16.7. The number of nitrogens with one attached hydrogen (secondary N) is 3. The number of benzene rings is 1. The van der Waals surface area contributed by atoms with Gasteiger partial charge in [0.1, 0.15) is 0 Å². The van der Waals surface area contributed by atoms with E-state index in [1.54, 1.807) is 11.8 Å². The molecule has 2 amide bonds. The van der Waals surface area contributed by atoms with E-state index in [0.29, 0.717) is 25.7 Å². The second kappa shape index (κ2) is 8.93. The van der Waals surface area contributed by atoms with Gasteiger partial charge in [-0.05, 0) is 31.9 Å². The number of hydrogen-bond donors (Lipinski definition) is 3. The predicted molar refractivity (Wildman–Crippen MR) is 92.7 cm³/mol. The molecule has 6 heteroatoms. The van der Waals surface area contributed by atoms with Gasteiger partial charge in [-0.15, -0.1) is 11.8 Å². The van der Waals surface area contributed by atoms with Crippen LogP contribution in [0.2, 0.25) is 0 Å². The highest BCUT2D eigenvalue weighted by Gasteiger charge is 2.24. The monoisotopic (exact) mass is 336 g/mol. The molecule has 0 aliphatic heterocycles. The van der Waals surface area contributed by atoms with E-state index in [1.165, 1.54) is 10.5 Å². The highest BCUT2D eigenvalue weighted by molar-refractivity contribution is 7.99. The molecule has 1 aromatic carbocycles. The summed E-state index contributed by atoms with van der Waals surface area (Å²) in [5.41, 5.74) is 1.25. The Kier molecular flexibility index (Phi) is 6.92. The quantitative estimate of drug-likeness (QED) is 0.439. The van der Waals surface area contributed by atoms with Crippen LogP contribution in [0.5, 0.6) is 0 Å². The van der Waals surface area contributed by atoms with Gasteiger partial charge in [-0.1, -0.05) is 17.7 Å². The van der Waals surface area contributed by atoms with Gasteiger partial charge in [-0.25, -0.2) is 0 Å². The number of likely N-dealkylation sites (N-methyl/N-ethyl adjacent to an activating group) is 1. The summed E-state index contributed by atoms with van der Waals surface area (Å²) in [5.74, 6) is 0.870. The van der Waals surface area contributed by atoms with E-state index in [4.69, 9.17) is 0 Å². The van der Waals surface area contributed by atoms with E-state index < -0.39 is 0 Å². The van der Waals surface area contributed by atoms with Crippen LogP contribution in [0.25, 0.3) is 0 Å². The molecular weight excluding hydrogens is 310 g/mol. The zero-order valence-corrected chi connectivity index (χ0v) is 14.7. The second-order valence-corrected chi connectivity index (χ2v) is 7.33. The molecule has 1 aliphatic carbocycles. The number of rotatable bonds is 9. The van der Waals surface area contributed by atoms with Gasteiger partial charge in [-0.3, -0.25) is 9.59 Å². The van der Waals surface area contributed by atoms with E-state index >= 15 is 0 Å². The second-order valence-electron chi connectivity index (χ2n) is 6.16. The van der Waals surface area contributed by atoms with Crippen LogP contribution >= 0.6 is 11.8 Å². The third-order valence-electron chi connectivity index (χ3n) is 3.58. The molecule has 0 aromatic heterocycles. The maximum Gasteiger partial charge on any atom is 0.275 e. The molecule has 5 nitrogen and oxygen atoms in total. The molecular formula is C17H26N3O2S+. The van der Waals surface area contributed by atoms with Crippen LogP contribution in [0.1, 0.15) is 18.4 Å². The number of carbonyl (C=O) groups excluding carboxylic acids is 2. The highest BCUT2D eigenvalue weighted by atomic mass is 32.2. The fourth-order valence-electron chi connectivity index (χ4n) is 2.17. The van der Waals surface area contributed by atoms with Crippen molar-refractivity contribution < 1.29 is 14.5 Å². The summed E-state index contributed by atoms with van der Waals surface area (Å²) in [6, 6.07) is 8.75. The average molecular weight is 336 g/mol. The van der Waals surface area contributed by atoms with Crippen LogP contribution in [0.15, 0.2) is 29.2 Å². The molecule has 1 aromatic rings. The van der Waals surface area contributed by atoms with Crippen LogP contribution < -0.4 is 15.5 Å². The third kappa shape index (κ3) is 7.52. The minimum absolute atomic E-state index is 0.00812. The molecule has 0 radical (unpaired) electrons. The van der Waals surface area contributed by atoms with Crippen LogP contribution in [0, 0.1) is 6.92 Å². The molecule has 3 N–H and O–H groups in total. The number of amides is 2. The Labute approximate surface area is 142 Å². The van der Waals surface area contributed by atoms with Crippen molar-refractivity contribution in [3.8, 4) is 0 Å². The summed E-state index contributed by atoms with van der Waals surface area (Å²) in [6.07, 6.45) is 2.17. The van der Waals surface area contributed by atoms with E-state index in [1.807, 2.05) is 7.05 Å². The summed E-state index contributed by atoms with van der Waals surface area (Å²) in [5, 5.41) is 5.85. The fourth-order valence-corrected chi connectivity index (χ4v) is 2.94. The fraction of sp³-hybridized carbons (Fsp3) is 0.529. The molecule has 1 unspecified atom stereocenters. The number of quaternary nitrogens is 1. The van der Waals surface area contributed by atoms with Crippen molar-refractivity contribution in [1.29, 1.82) is 0 Å². The molecule has 1 fully saturated rings. The smallest absolute Gasteiger partial charge is 0.275 e. The van der Waals surface area contributed by atoms with Crippen LogP contribution in [0.3, 0.4) is 0 Å². The molecule has 0 heterocycles. The minimum atomic E-state index is -0.00812. The molecule has 1 aliphatic rings. The Morgan fingerprint density at radius 1 is 1.17 bits per heavy atom. The van der Waals surface area contributed by atoms with Gasteiger partial charge in [0.2, 0.25) is 0 Å². The van der Waals surface area contributed by atoms with Gasteiger partial charge >= 0.3 is 0 Å². The van der Waals surface area contributed by atoms with Gasteiger partial charge < -0.3 is 15.5 Å². The first-order valence-corrected chi connectivity index (χ1v) is 9.08. The van der Waals surface area contributed by atoms with Crippen molar-refractivity contribution in [2.75, 3.05) is 32.4 Å². The van der Waals surface area contributed by atoms with Gasteiger partial charge in [0.05, 0.1) is 7.05 Å². The van der Waals surface area contributed by atoms with Crippen molar-refractivity contribution in [2.45, 2.75) is 30.7 Å². The topological polar surface area (TPSA) is 62.6 Å².